The predicted octanol–water partition coefficient (Wildman–Crippen LogP) is 3.17. The topological polar surface area (TPSA) is 90.6 Å². The highest BCUT2D eigenvalue weighted by atomic mass is 16.5. The van der Waals surface area contributed by atoms with Crippen LogP contribution in [0.4, 0.5) is 0 Å². The van der Waals surface area contributed by atoms with E-state index in [9.17, 15) is 4.79 Å². The molecule has 0 bridgehead atoms. The van der Waals surface area contributed by atoms with E-state index in [-0.39, 0.29) is 12.5 Å². The summed E-state index contributed by atoms with van der Waals surface area (Å²) in [6, 6.07) is 22.8. The number of nitrogens with zero attached hydrogens (tertiary/aromatic N) is 4. The third-order valence-electron chi connectivity index (χ3n) is 4.54. The summed E-state index contributed by atoms with van der Waals surface area (Å²) in [6.07, 6.45) is 1.54. The zero-order valence-electron chi connectivity index (χ0n) is 16.9. The molecule has 8 heteroatoms. The SMILES string of the molecule is COc1cc(/C=N/NC(=O)Cn2nnc3ccccc32)ccc1OCc1ccccc1. The van der Waals surface area contributed by atoms with Gasteiger partial charge in [-0.05, 0) is 41.5 Å². The molecule has 0 aliphatic carbocycles. The predicted molar refractivity (Wildman–Crippen MR) is 117 cm³/mol. The third-order valence-corrected chi connectivity index (χ3v) is 4.54. The number of para-hydroxylation sites is 1. The third kappa shape index (κ3) is 5.05. The van der Waals surface area contributed by atoms with Gasteiger partial charge in [0.1, 0.15) is 18.7 Å². The molecule has 0 aliphatic rings. The normalized spacial score (nSPS) is 11.0. The maximum absolute atomic E-state index is 12.2. The van der Waals surface area contributed by atoms with Crippen LogP contribution in [0, 0.1) is 0 Å². The Labute approximate surface area is 179 Å². The van der Waals surface area contributed by atoms with Crippen LogP contribution in [0.25, 0.3) is 11.0 Å². The van der Waals surface area contributed by atoms with E-state index in [0.29, 0.717) is 18.1 Å². The van der Waals surface area contributed by atoms with Crippen LogP contribution >= 0.6 is 0 Å². The highest BCUT2D eigenvalue weighted by molar-refractivity contribution is 5.84. The molecule has 4 aromatic rings. The molecule has 1 amide bonds. The Morgan fingerprint density at radius 1 is 1.06 bits per heavy atom. The van der Waals surface area contributed by atoms with Crippen molar-refractivity contribution in [1.29, 1.82) is 0 Å². The fourth-order valence-electron chi connectivity index (χ4n) is 3.00. The number of ether oxygens (including phenoxy) is 2. The first-order valence-corrected chi connectivity index (χ1v) is 9.68. The van der Waals surface area contributed by atoms with Gasteiger partial charge in [0, 0.05) is 0 Å². The number of hydrogen-bond donors (Lipinski definition) is 1. The van der Waals surface area contributed by atoms with Gasteiger partial charge in [0.25, 0.3) is 5.91 Å². The Bertz CT molecular complexity index is 1200. The van der Waals surface area contributed by atoms with E-state index < -0.39 is 0 Å². The standard InChI is InChI=1S/C23H21N5O3/c1-30-22-13-18(11-12-21(22)31-16-17-7-3-2-4-8-17)14-24-26-23(29)15-28-20-10-6-5-9-19(20)25-27-28/h2-14H,15-16H2,1H3,(H,26,29)/b24-14+. The molecule has 156 valence electrons. The molecule has 1 heterocycles. The molecule has 0 spiro atoms. The van der Waals surface area contributed by atoms with Crippen LogP contribution in [0.15, 0.2) is 77.9 Å². The van der Waals surface area contributed by atoms with Crippen LogP contribution in [0.1, 0.15) is 11.1 Å². The van der Waals surface area contributed by atoms with Crippen LogP contribution in [0.5, 0.6) is 11.5 Å². The zero-order valence-corrected chi connectivity index (χ0v) is 16.9. The van der Waals surface area contributed by atoms with E-state index in [2.05, 4.69) is 20.8 Å². The van der Waals surface area contributed by atoms with E-state index in [0.717, 1.165) is 22.2 Å². The van der Waals surface area contributed by atoms with Crippen molar-refractivity contribution in [3.05, 3.63) is 83.9 Å². The molecule has 31 heavy (non-hydrogen) atoms. The lowest BCUT2D eigenvalue weighted by Gasteiger charge is -2.11. The Kier molecular flexibility index (Phi) is 6.18. The Morgan fingerprint density at radius 2 is 1.87 bits per heavy atom. The van der Waals surface area contributed by atoms with Crippen molar-refractivity contribution in [3.8, 4) is 11.5 Å². The summed E-state index contributed by atoms with van der Waals surface area (Å²) in [5.74, 6) is 0.910. The first-order valence-electron chi connectivity index (χ1n) is 9.68. The minimum atomic E-state index is -0.304. The van der Waals surface area contributed by atoms with Gasteiger partial charge in [0.15, 0.2) is 11.5 Å². The van der Waals surface area contributed by atoms with Gasteiger partial charge in [0.05, 0.1) is 18.8 Å². The van der Waals surface area contributed by atoms with Crippen LogP contribution in [0.2, 0.25) is 0 Å². The number of nitrogens with one attached hydrogen (secondary N) is 1. The molecule has 0 saturated carbocycles. The van der Waals surface area contributed by atoms with Crippen molar-refractivity contribution in [1.82, 2.24) is 20.4 Å². The van der Waals surface area contributed by atoms with E-state index >= 15 is 0 Å². The molecule has 0 aliphatic heterocycles. The summed E-state index contributed by atoms with van der Waals surface area (Å²) in [5.41, 5.74) is 5.86. The Balaban J connectivity index is 1.35. The fourth-order valence-corrected chi connectivity index (χ4v) is 3.00. The van der Waals surface area contributed by atoms with Crippen molar-refractivity contribution in [2.75, 3.05) is 7.11 Å². The van der Waals surface area contributed by atoms with Crippen molar-refractivity contribution in [3.63, 3.8) is 0 Å². The molecule has 1 N–H and O–H groups in total. The number of benzene rings is 3. The summed E-state index contributed by atoms with van der Waals surface area (Å²) >= 11 is 0. The van der Waals surface area contributed by atoms with Gasteiger partial charge in [-0.2, -0.15) is 5.10 Å². The average Bonchev–Trinajstić information content (AvgIpc) is 3.21. The molecule has 0 fully saturated rings. The summed E-state index contributed by atoms with van der Waals surface area (Å²) < 4.78 is 12.8. The molecule has 8 nitrogen and oxygen atoms in total. The lowest BCUT2D eigenvalue weighted by Crippen LogP contribution is -2.23. The molecule has 0 unspecified atom stereocenters. The first kappa shape index (κ1) is 20.1. The molecule has 0 atom stereocenters. The van der Waals surface area contributed by atoms with Gasteiger partial charge in [-0.1, -0.05) is 47.7 Å². The summed E-state index contributed by atoms with van der Waals surface area (Å²) in [5, 5.41) is 12.0. The minimum absolute atomic E-state index is 0.0213. The Morgan fingerprint density at radius 3 is 2.71 bits per heavy atom. The van der Waals surface area contributed by atoms with Gasteiger partial charge in [-0.15, -0.1) is 5.10 Å². The number of amides is 1. The van der Waals surface area contributed by atoms with Crippen LogP contribution < -0.4 is 14.9 Å². The van der Waals surface area contributed by atoms with Crippen molar-refractivity contribution in [2.24, 2.45) is 5.10 Å². The Hall–Kier alpha value is -4.20. The van der Waals surface area contributed by atoms with Crippen LogP contribution in [-0.4, -0.2) is 34.2 Å². The first-order chi connectivity index (χ1) is 15.2. The van der Waals surface area contributed by atoms with Crippen LogP contribution in [0.3, 0.4) is 0 Å². The number of hydrazone groups is 1. The highest BCUT2D eigenvalue weighted by Crippen LogP contribution is 2.28. The van der Waals surface area contributed by atoms with Crippen molar-refractivity contribution in [2.45, 2.75) is 13.2 Å². The van der Waals surface area contributed by atoms with Crippen LogP contribution in [-0.2, 0) is 17.9 Å². The maximum Gasteiger partial charge on any atom is 0.261 e. The number of aromatic nitrogens is 3. The second kappa shape index (κ2) is 9.53. The quantitative estimate of drug-likeness (QED) is 0.353. The highest BCUT2D eigenvalue weighted by Gasteiger charge is 2.08. The summed E-state index contributed by atoms with van der Waals surface area (Å²) in [6.45, 7) is 0.463. The molecule has 0 radical (unpaired) electrons. The van der Waals surface area contributed by atoms with Crippen molar-refractivity contribution >= 4 is 23.2 Å². The number of rotatable bonds is 8. The largest absolute Gasteiger partial charge is 0.493 e. The second-order valence-corrected chi connectivity index (χ2v) is 6.71. The monoisotopic (exact) mass is 415 g/mol. The summed E-state index contributed by atoms with van der Waals surface area (Å²) in [4.78, 5) is 12.2. The van der Waals surface area contributed by atoms with Gasteiger partial charge in [-0.3, -0.25) is 4.79 Å². The van der Waals surface area contributed by atoms with E-state index in [1.165, 1.54) is 4.68 Å². The number of carbonyl (C=O) groups is 1. The van der Waals surface area contributed by atoms with E-state index in [1.54, 1.807) is 19.4 Å². The smallest absolute Gasteiger partial charge is 0.261 e. The number of fused-ring (bicyclic) bond motifs is 1. The van der Waals surface area contributed by atoms with Gasteiger partial charge in [0.2, 0.25) is 0 Å². The lowest BCUT2D eigenvalue weighted by atomic mass is 10.2. The van der Waals surface area contributed by atoms with Gasteiger partial charge >= 0.3 is 0 Å². The molecule has 1 aromatic heterocycles. The number of carbonyl (C=O) groups excluding carboxylic acids is 1. The molecule has 3 aromatic carbocycles. The molecular weight excluding hydrogens is 394 g/mol. The number of methoxy groups -OCH3 is 1. The average molecular weight is 415 g/mol. The molecular formula is C23H21N5O3. The molecule has 0 saturated heterocycles. The van der Waals surface area contributed by atoms with E-state index in [4.69, 9.17) is 9.47 Å². The lowest BCUT2D eigenvalue weighted by molar-refractivity contribution is -0.121. The van der Waals surface area contributed by atoms with Crippen molar-refractivity contribution < 1.29 is 14.3 Å². The second-order valence-electron chi connectivity index (χ2n) is 6.71. The zero-order chi connectivity index (χ0) is 21.5. The minimum Gasteiger partial charge on any atom is -0.493 e. The fraction of sp³-hybridized carbons (Fsp3) is 0.130. The van der Waals surface area contributed by atoms with E-state index in [1.807, 2.05) is 66.7 Å². The van der Waals surface area contributed by atoms with Gasteiger partial charge in [-0.25, -0.2) is 10.1 Å². The molecule has 4 rings (SSSR count). The number of hydrogen-bond acceptors (Lipinski definition) is 6. The maximum atomic E-state index is 12.2. The summed E-state index contributed by atoms with van der Waals surface area (Å²) in [7, 11) is 1.58. The van der Waals surface area contributed by atoms with Gasteiger partial charge < -0.3 is 9.47 Å².